The molecule has 0 N–H and O–H groups in total. The first kappa shape index (κ1) is 21.5. The first-order valence-corrected chi connectivity index (χ1v) is 10.5. The fraction of sp³-hybridized carbons (Fsp3) is 0.542. The van der Waals surface area contributed by atoms with Gasteiger partial charge in [-0.1, -0.05) is 30.4 Å². The molecule has 0 radical (unpaired) electrons. The average molecular weight is 403 g/mol. The first-order chi connectivity index (χ1) is 13.9. The van der Waals surface area contributed by atoms with Crippen LogP contribution in [0.1, 0.15) is 62.8 Å². The van der Waals surface area contributed by atoms with Crippen molar-refractivity contribution in [2.24, 2.45) is 17.8 Å². The number of rotatable bonds is 5. The Labute approximate surface area is 171 Å². The summed E-state index contributed by atoms with van der Waals surface area (Å²) in [5.74, 6) is 2.50. The van der Waals surface area contributed by atoms with Crippen LogP contribution in [0.25, 0.3) is 0 Å². The van der Waals surface area contributed by atoms with E-state index in [0.717, 1.165) is 30.2 Å². The minimum absolute atomic E-state index is 0.149. The second-order valence-electron chi connectivity index (χ2n) is 8.28. The van der Waals surface area contributed by atoms with Gasteiger partial charge in [-0.25, -0.2) is 0 Å². The molecule has 0 aromatic heterocycles. The summed E-state index contributed by atoms with van der Waals surface area (Å²) in [6.45, 7) is 0. The monoisotopic (exact) mass is 403 g/mol. The normalized spacial score (nSPS) is 28.5. The van der Waals surface area contributed by atoms with Crippen molar-refractivity contribution in [1.29, 1.82) is 5.26 Å². The SMILES string of the molecule is N#C/C=C/C=C/C1CCC([C@H]2CC[C@H](c3ccc(OC(F)(F)F)cc3)CC2)CC1. The lowest BCUT2D eigenvalue weighted by atomic mass is 9.68. The van der Waals surface area contributed by atoms with Gasteiger partial charge < -0.3 is 4.74 Å². The Morgan fingerprint density at radius 1 is 0.862 bits per heavy atom. The number of nitrogens with zero attached hydrogens (tertiary/aromatic N) is 1. The second kappa shape index (κ2) is 10.0. The van der Waals surface area contributed by atoms with Crippen LogP contribution in [-0.4, -0.2) is 6.36 Å². The van der Waals surface area contributed by atoms with E-state index in [1.165, 1.54) is 56.7 Å². The molecular weight excluding hydrogens is 375 g/mol. The van der Waals surface area contributed by atoms with E-state index in [1.54, 1.807) is 18.2 Å². The molecule has 2 saturated carbocycles. The zero-order chi connectivity index (χ0) is 20.7. The summed E-state index contributed by atoms with van der Waals surface area (Å²) in [7, 11) is 0. The van der Waals surface area contributed by atoms with Crippen LogP contribution in [0, 0.1) is 29.1 Å². The lowest BCUT2D eigenvalue weighted by molar-refractivity contribution is -0.274. The van der Waals surface area contributed by atoms with Crippen molar-refractivity contribution in [2.45, 2.75) is 63.6 Å². The van der Waals surface area contributed by atoms with Crippen molar-refractivity contribution >= 4 is 0 Å². The molecular formula is C24H28F3NO. The molecule has 2 nitrogen and oxygen atoms in total. The van der Waals surface area contributed by atoms with E-state index in [0.29, 0.717) is 11.8 Å². The van der Waals surface area contributed by atoms with Crippen LogP contribution in [-0.2, 0) is 0 Å². The van der Waals surface area contributed by atoms with E-state index >= 15 is 0 Å². The molecule has 0 saturated heterocycles. The van der Waals surface area contributed by atoms with Crippen molar-refractivity contribution in [3.05, 3.63) is 54.1 Å². The van der Waals surface area contributed by atoms with Gasteiger partial charge in [0.05, 0.1) is 6.07 Å². The van der Waals surface area contributed by atoms with E-state index in [9.17, 15) is 13.2 Å². The molecule has 29 heavy (non-hydrogen) atoms. The number of hydrogen-bond acceptors (Lipinski definition) is 2. The Morgan fingerprint density at radius 3 is 2.00 bits per heavy atom. The van der Waals surface area contributed by atoms with Crippen LogP contribution in [0.15, 0.2) is 48.6 Å². The highest BCUT2D eigenvalue weighted by atomic mass is 19.4. The third-order valence-electron chi connectivity index (χ3n) is 6.51. The van der Waals surface area contributed by atoms with E-state index in [4.69, 9.17) is 5.26 Å². The number of halogens is 3. The Kier molecular flexibility index (Phi) is 7.41. The highest BCUT2D eigenvalue weighted by Gasteiger charge is 2.32. The summed E-state index contributed by atoms with van der Waals surface area (Å²) >= 11 is 0. The number of ether oxygens (including phenoxy) is 1. The summed E-state index contributed by atoms with van der Waals surface area (Å²) in [6.07, 6.45) is 12.5. The van der Waals surface area contributed by atoms with Crippen molar-refractivity contribution in [3.63, 3.8) is 0 Å². The number of hydrogen-bond donors (Lipinski definition) is 0. The average Bonchev–Trinajstić information content (AvgIpc) is 2.71. The van der Waals surface area contributed by atoms with Crippen LogP contribution in [0.2, 0.25) is 0 Å². The molecule has 2 aliphatic rings. The van der Waals surface area contributed by atoms with Gasteiger partial charge in [0.1, 0.15) is 5.75 Å². The number of nitriles is 1. The van der Waals surface area contributed by atoms with E-state index < -0.39 is 6.36 Å². The van der Waals surface area contributed by atoms with Gasteiger partial charge in [0, 0.05) is 6.08 Å². The smallest absolute Gasteiger partial charge is 0.406 e. The number of benzene rings is 1. The molecule has 0 amide bonds. The summed E-state index contributed by atoms with van der Waals surface area (Å²) in [5.41, 5.74) is 1.12. The lowest BCUT2D eigenvalue weighted by Crippen LogP contribution is -2.25. The number of allylic oxidation sites excluding steroid dienone is 4. The molecule has 0 atom stereocenters. The molecule has 1 aromatic rings. The van der Waals surface area contributed by atoms with Crippen LogP contribution in [0.5, 0.6) is 5.75 Å². The Morgan fingerprint density at radius 2 is 1.45 bits per heavy atom. The molecule has 156 valence electrons. The van der Waals surface area contributed by atoms with Crippen LogP contribution in [0.3, 0.4) is 0 Å². The Bertz CT molecular complexity index is 729. The quantitative estimate of drug-likeness (QED) is 0.382. The summed E-state index contributed by atoms with van der Waals surface area (Å²) < 4.78 is 40.8. The van der Waals surface area contributed by atoms with Crippen LogP contribution < -0.4 is 4.74 Å². The van der Waals surface area contributed by atoms with Crippen molar-refractivity contribution in [1.82, 2.24) is 0 Å². The van der Waals surface area contributed by atoms with Crippen LogP contribution >= 0.6 is 0 Å². The maximum atomic E-state index is 12.3. The van der Waals surface area contributed by atoms with Crippen LogP contribution in [0.4, 0.5) is 13.2 Å². The number of alkyl halides is 3. The standard InChI is InChI=1S/C24H28F3NO/c25-24(26,27)29-23-15-13-22(14-16-23)21-11-9-20(10-12-21)19-7-5-18(6-8-19)4-2-1-3-17-28/h1-4,13-16,18-21H,5-12H2/b3-1+,4-2+/t18?,19?,20-,21-. The first-order valence-electron chi connectivity index (χ1n) is 10.5. The molecule has 5 heteroatoms. The van der Waals surface area contributed by atoms with Gasteiger partial charge in [-0.15, -0.1) is 13.2 Å². The molecule has 0 spiro atoms. The summed E-state index contributed by atoms with van der Waals surface area (Å²) in [6, 6.07) is 8.42. The van der Waals surface area contributed by atoms with E-state index in [-0.39, 0.29) is 5.75 Å². The third-order valence-corrected chi connectivity index (χ3v) is 6.51. The van der Waals surface area contributed by atoms with Gasteiger partial charge in [0.15, 0.2) is 0 Å². The zero-order valence-electron chi connectivity index (χ0n) is 16.6. The lowest BCUT2D eigenvalue weighted by Gasteiger charge is -2.37. The molecule has 2 aliphatic carbocycles. The molecule has 2 fully saturated rings. The van der Waals surface area contributed by atoms with Crippen molar-refractivity contribution < 1.29 is 17.9 Å². The Balaban J connectivity index is 1.43. The summed E-state index contributed by atoms with van der Waals surface area (Å²) in [4.78, 5) is 0. The molecule has 1 aromatic carbocycles. The fourth-order valence-electron chi connectivity index (χ4n) is 4.99. The predicted molar refractivity (Wildman–Crippen MR) is 107 cm³/mol. The Hall–Kier alpha value is -2.22. The van der Waals surface area contributed by atoms with Gasteiger partial charge >= 0.3 is 6.36 Å². The van der Waals surface area contributed by atoms with Gasteiger partial charge in [-0.2, -0.15) is 5.26 Å². The van der Waals surface area contributed by atoms with Gasteiger partial charge in [0.2, 0.25) is 0 Å². The maximum absolute atomic E-state index is 12.3. The van der Waals surface area contributed by atoms with Gasteiger partial charge in [0.25, 0.3) is 0 Å². The van der Waals surface area contributed by atoms with Crippen molar-refractivity contribution in [3.8, 4) is 11.8 Å². The van der Waals surface area contributed by atoms with E-state index in [1.807, 2.05) is 12.1 Å². The molecule has 0 aliphatic heterocycles. The van der Waals surface area contributed by atoms with Gasteiger partial charge in [-0.05, 0) is 92.7 Å². The molecule has 0 unspecified atom stereocenters. The second-order valence-corrected chi connectivity index (χ2v) is 8.28. The molecule has 0 heterocycles. The molecule has 0 bridgehead atoms. The topological polar surface area (TPSA) is 33.0 Å². The van der Waals surface area contributed by atoms with Crippen molar-refractivity contribution in [2.75, 3.05) is 0 Å². The highest BCUT2D eigenvalue weighted by Crippen LogP contribution is 2.44. The highest BCUT2D eigenvalue weighted by molar-refractivity contribution is 5.30. The van der Waals surface area contributed by atoms with E-state index in [2.05, 4.69) is 10.8 Å². The largest absolute Gasteiger partial charge is 0.573 e. The predicted octanol–water partition coefficient (Wildman–Crippen LogP) is 7.30. The third kappa shape index (κ3) is 6.66. The minimum Gasteiger partial charge on any atom is -0.406 e. The molecule has 3 rings (SSSR count). The minimum atomic E-state index is -4.64. The van der Waals surface area contributed by atoms with Gasteiger partial charge in [-0.3, -0.25) is 0 Å². The zero-order valence-corrected chi connectivity index (χ0v) is 16.6. The summed E-state index contributed by atoms with van der Waals surface area (Å²) in [5, 5.41) is 8.51. The maximum Gasteiger partial charge on any atom is 0.573 e. The fourth-order valence-corrected chi connectivity index (χ4v) is 4.99.